The van der Waals surface area contributed by atoms with E-state index >= 15 is 0 Å². The Balaban J connectivity index is 1.49. The van der Waals surface area contributed by atoms with Crippen LogP contribution in [0.15, 0.2) is 121 Å². The predicted octanol–water partition coefficient (Wildman–Crippen LogP) is 8.14. The Kier molecular flexibility index (Phi) is 4.81. The van der Waals surface area contributed by atoms with Crippen LogP contribution in [0.4, 0.5) is 22.7 Å². The van der Waals surface area contributed by atoms with Crippen molar-refractivity contribution in [1.82, 2.24) is 4.57 Å². The van der Waals surface area contributed by atoms with Gasteiger partial charge in [-0.15, -0.1) is 0 Å². The summed E-state index contributed by atoms with van der Waals surface area (Å²) in [5, 5.41) is 2.54. The van der Waals surface area contributed by atoms with Crippen molar-refractivity contribution in [2.24, 2.45) is 0 Å². The first-order valence-electron chi connectivity index (χ1n) is 11.5. The summed E-state index contributed by atoms with van der Waals surface area (Å²) in [5.74, 6) is 0. The van der Waals surface area contributed by atoms with Crippen molar-refractivity contribution in [2.75, 3.05) is 10.6 Å². The zero-order valence-electron chi connectivity index (χ0n) is 19.0. The van der Waals surface area contributed by atoms with Crippen molar-refractivity contribution in [1.29, 1.82) is 0 Å². The molecule has 6 aromatic rings. The minimum Gasteiger partial charge on any atom is -0.399 e. The summed E-state index contributed by atoms with van der Waals surface area (Å²) in [5.41, 5.74) is 14.8. The average Bonchev–Trinajstić information content (AvgIpc) is 3.21. The first kappa shape index (κ1) is 20.1. The number of hydrogen-bond acceptors (Lipinski definition) is 2. The molecular formula is C31H25N3. The van der Waals surface area contributed by atoms with Crippen LogP contribution < -0.4 is 10.6 Å². The maximum Gasteiger partial charge on any atom is 0.0541 e. The van der Waals surface area contributed by atoms with Gasteiger partial charge in [0.15, 0.2) is 0 Å². The van der Waals surface area contributed by atoms with Crippen molar-refractivity contribution in [3.63, 3.8) is 0 Å². The molecule has 5 aromatic carbocycles. The highest BCUT2D eigenvalue weighted by Gasteiger charge is 2.14. The van der Waals surface area contributed by atoms with Crippen LogP contribution in [0.1, 0.15) is 5.56 Å². The van der Waals surface area contributed by atoms with E-state index < -0.39 is 0 Å². The molecule has 0 bridgehead atoms. The second-order valence-electron chi connectivity index (χ2n) is 8.65. The van der Waals surface area contributed by atoms with Crippen LogP contribution in [0.25, 0.3) is 27.5 Å². The lowest BCUT2D eigenvalue weighted by molar-refractivity contribution is 1.17. The van der Waals surface area contributed by atoms with Crippen LogP contribution in [0.5, 0.6) is 0 Å². The molecule has 164 valence electrons. The number of hydrogen-bond donors (Lipinski definition) is 1. The van der Waals surface area contributed by atoms with E-state index in [1.807, 2.05) is 12.1 Å². The Morgan fingerprint density at radius 1 is 0.529 bits per heavy atom. The molecule has 6 rings (SSSR count). The summed E-state index contributed by atoms with van der Waals surface area (Å²) in [6.07, 6.45) is 0. The Bertz CT molecular complexity index is 1490. The van der Waals surface area contributed by atoms with E-state index in [1.165, 1.54) is 27.4 Å². The van der Waals surface area contributed by atoms with Crippen molar-refractivity contribution in [3.8, 4) is 5.69 Å². The highest BCUT2D eigenvalue weighted by Crippen LogP contribution is 2.37. The molecule has 0 radical (unpaired) electrons. The molecule has 0 fully saturated rings. The Morgan fingerprint density at radius 2 is 0.971 bits per heavy atom. The van der Waals surface area contributed by atoms with E-state index in [4.69, 9.17) is 5.73 Å². The Hall–Kier alpha value is -4.50. The molecule has 0 spiro atoms. The highest BCUT2D eigenvalue weighted by molar-refractivity contribution is 6.09. The molecule has 1 heterocycles. The fourth-order valence-electron chi connectivity index (χ4n) is 4.72. The van der Waals surface area contributed by atoms with Crippen LogP contribution in [0, 0.1) is 6.92 Å². The fraction of sp³-hybridized carbons (Fsp3) is 0.0323. The third-order valence-electron chi connectivity index (χ3n) is 6.39. The van der Waals surface area contributed by atoms with E-state index in [0.717, 1.165) is 28.4 Å². The predicted molar refractivity (Wildman–Crippen MR) is 145 cm³/mol. The van der Waals surface area contributed by atoms with E-state index in [9.17, 15) is 0 Å². The van der Waals surface area contributed by atoms with Crippen LogP contribution in [0.2, 0.25) is 0 Å². The topological polar surface area (TPSA) is 34.2 Å². The smallest absolute Gasteiger partial charge is 0.0541 e. The van der Waals surface area contributed by atoms with Gasteiger partial charge in [0.2, 0.25) is 0 Å². The zero-order chi connectivity index (χ0) is 23.1. The SMILES string of the molecule is Cc1ccc(N(c2ccc(N)cc2)c2ccc(-n3c4ccccc4c4ccccc43)cc2)cc1. The molecule has 0 unspecified atom stereocenters. The summed E-state index contributed by atoms with van der Waals surface area (Å²) in [6.45, 7) is 2.11. The quantitative estimate of drug-likeness (QED) is 0.281. The number of aromatic nitrogens is 1. The van der Waals surface area contributed by atoms with Crippen molar-refractivity contribution in [2.45, 2.75) is 6.92 Å². The summed E-state index contributed by atoms with van der Waals surface area (Å²) >= 11 is 0. The van der Waals surface area contributed by atoms with Gasteiger partial charge in [0, 0.05) is 39.2 Å². The van der Waals surface area contributed by atoms with E-state index in [2.05, 4.69) is 126 Å². The fourth-order valence-corrected chi connectivity index (χ4v) is 4.72. The first-order valence-corrected chi connectivity index (χ1v) is 11.5. The molecule has 0 saturated carbocycles. The second kappa shape index (κ2) is 8.13. The van der Waals surface area contributed by atoms with Crippen molar-refractivity contribution >= 4 is 44.6 Å². The van der Waals surface area contributed by atoms with Crippen LogP contribution in [0.3, 0.4) is 0 Å². The third-order valence-corrected chi connectivity index (χ3v) is 6.39. The number of para-hydroxylation sites is 2. The molecule has 0 aliphatic heterocycles. The van der Waals surface area contributed by atoms with Gasteiger partial charge in [-0.3, -0.25) is 0 Å². The monoisotopic (exact) mass is 439 g/mol. The largest absolute Gasteiger partial charge is 0.399 e. The molecule has 2 N–H and O–H groups in total. The van der Waals surface area contributed by atoms with Gasteiger partial charge in [-0.2, -0.15) is 0 Å². The number of nitrogen functional groups attached to an aromatic ring is 1. The maximum absolute atomic E-state index is 5.97. The van der Waals surface area contributed by atoms with Crippen molar-refractivity contribution < 1.29 is 0 Å². The number of fused-ring (bicyclic) bond motifs is 3. The minimum atomic E-state index is 0.759. The van der Waals surface area contributed by atoms with E-state index in [0.29, 0.717) is 0 Å². The molecule has 0 amide bonds. The number of rotatable bonds is 4. The Labute approximate surface area is 199 Å². The molecule has 34 heavy (non-hydrogen) atoms. The number of aryl methyl sites for hydroxylation is 1. The van der Waals surface area contributed by atoms with E-state index in [1.54, 1.807) is 0 Å². The van der Waals surface area contributed by atoms with E-state index in [-0.39, 0.29) is 0 Å². The molecule has 0 aliphatic carbocycles. The molecule has 3 nitrogen and oxygen atoms in total. The van der Waals surface area contributed by atoms with Gasteiger partial charge in [-0.1, -0.05) is 54.1 Å². The standard InChI is InChI=1S/C31H25N3/c1-22-10-14-24(15-11-22)33(25-16-12-23(32)13-17-25)26-18-20-27(21-19-26)34-30-8-4-2-6-28(30)29-7-3-5-9-31(29)34/h2-21H,32H2,1H3. The first-order chi connectivity index (χ1) is 16.7. The third kappa shape index (κ3) is 3.39. The van der Waals surface area contributed by atoms with Gasteiger partial charge in [0.25, 0.3) is 0 Å². The maximum atomic E-state index is 5.97. The molecule has 3 heteroatoms. The minimum absolute atomic E-state index is 0.759. The number of nitrogens with zero attached hydrogens (tertiary/aromatic N) is 2. The van der Waals surface area contributed by atoms with Gasteiger partial charge in [0.1, 0.15) is 0 Å². The Morgan fingerprint density at radius 3 is 1.50 bits per heavy atom. The summed E-state index contributed by atoms with van der Waals surface area (Å²) in [6, 6.07) is 42.6. The van der Waals surface area contributed by atoms with Gasteiger partial charge >= 0.3 is 0 Å². The average molecular weight is 440 g/mol. The highest BCUT2D eigenvalue weighted by atomic mass is 15.1. The molecule has 0 aliphatic rings. The lowest BCUT2D eigenvalue weighted by Crippen LogP contribution is -2.10. The van der Waals surface area contributed by atoms with Gasteiger partial charge in [0.05, 0.1) is 11.0 Å². The zero-order valence-corrected chi connectivity index (χ0v) is 19.0. The summed E-state index contributed by atoms with van der Waals surface area (Å²) in [4.78, 5) is 2.26. The van der Waals surface area contributed by atoms with Gasteiger partial charge in [-0.05, 0) is 79.7 Å². The van der Waals surface area contributed by atoms with Crippen LogP contribution in [-0.4, -0.2) is 4.57 Å². The molecule has 0 saturated heterocycles. The lowest BCUT2D eigenvalue weighted by atomic mass is 10.1. The summed E-state index contributed by atoms with van der Waals surface area (Å²) < 4.78 is 2.34. The number of benzene rings is 5. The van der Waals surface area contributed by atoms with Gasteiger partial charge in [-0.25, -0.2) is 0 Å². The number of nitrogens with two attached hydrogens (primary N) is 1. The van der Waals surface area contributed by atoms with Crippen LogP contribution in [-0.2, 0) is 0 Å². The van der Waals surface area contributed by atoms with Crippen molar-refractivity contribution in [3.05, 3.63) is 127 Å². The molecular weight excluding hydrogens is 414 g/mol. The molecule has 0 atom stereocenters. The van der Waals surface area contributed by atoms with Gasteiger partial charge < -0.3 is 15.2 Å². The normalized spacial score (nSPS) is 11.2. The summed E-state index contributed by atoms with van der Waals surface area (Å²) in [7, 11) is 0. The van der Waals surface area contributed by atoms with Crippen LogP contribution >= 0.6 is 0 Å². The second-order valence-corrected chi connectivity index (χ2v) is 8.65. The molecule has 1 aromatic heterocycles. The lowest BCUT2D eigenvalue weighted by Gasteiger charge is -2.26. The number of anilines is 4.